The van der Waals surface area contributed by atoms with Gasteiger partial charge < -0.3 is 9.94 Å². The summed E-state index contributed by atoms with van der Waals surface area (Å²) in [6, 6.07) is 7.50. The number of fused-ring (bicyclic) bond motifs is 2. The Labute approximate surface area is 174 Å². The standard InChI is InChI=1S/C20H16F2N6O3/c1-10(18-13(21)8-15-12(19(18)22)4-3-7-23-15)20-25-24-16-6-5-14(26-28(16)20)11(2)27-31-9-17(29)30/h3-8,10H,9H2,1-2H3,(H,29,30). The lowest BCUT2D eigenvalue weighted by atomic mass is 9.97. The first-order chi connectivity index (χ1) is 14.9. The average Bonchev–Trinajstić information content (AvgIpc) is 3.16. The van der Waals surface area contributed by atoms with Crippen molar-refractivity contribution in [3.8, 4) is 0 Å². The van der Waals surface area contributed by atoms with Crippen molar-refractivity contribution in [3.05, 3.63) is 65.2 Å². The van der Waals surface area contributed by atoms with Gasteiger partial charge in [0, 0.05) is 29.1 Å². The molecule has 0 bridgehead atoms. The van der Waals surface area contributed by atoms with Crippen molar-refractivity contribution in [3.63, 3.8) is 0 Å². The summed E-state index contributed by atoms with van der Waals surface area (Å²) in [4.78, 5) is 19.3. The van der Waals surface area contributed by atoms with Crippen LogP contribution in [0.25, 0.3) is 16.6 Å². The van der Waals surface area contributed by atoms with E-state index in [1.807, 2.05) is 0 Å². The van der Waals surface area contributed by atoms with Crippen LogP contribution in [0.2, 0.25) is 0 Å². The zero-order valence-electron chi connectivity index (χ0n) is 16.5. The zero-order chi connectivity index (χ0) is 22.1. The molecule has 0 saturated carbocycles. The second kappa shape index (κ2) is 8.01. The number of carboxylic acid groups (broad SMARTS) is 1. The van der Waals surface area contributed by atoms with Gasteiger partial charge in [-0.25, -0.2) is 13.6 Å². The Morgan fingerprint density at radius 3 is 2.87 bits per heavy atom. The first-order valence-electron chi connectivity index (χ1n) is 9.20. The number of carboxylic acids is 1. The number of rotatable bonds is 6. The molecule has 11 heteroatoms. The Morgan fingerprint density at radius 1 is 1.29 bits per heavy atom. The highest BCUT2D eigenvalue weighted by atomic mass is 19.1. The number of oxime groups is 1. The molecular weight excluding hydrogens is 410 g/mol. The van der Waals surface area contributed by atoms with Gasteiger partial charge in [0.25, 0.3) is 0 Å². The second-order valence-electron chi connectivity index (χ2n) is 6.77. The van der Waals surface area contributed by atoms with Gasteiger partial charge in [-0.1, -0.05) is 12.1 Å². The zero-order valence-corrected chi connectivity index (χ0v) is 16.5. The predicted octanol–water partition coefficient (Wildman–Crippen LogP) is 2.93. The summed E-state index contributed by atoms with van der Waals surface area (Å²) < 4.78 is 31.3. The summed E-state index contributed by atoms with van der Waals surface area (Å²) >= 11 is 0. The number of aromatic nitrogens is 5. The van der Waals surface area contributed by atoms with Crippen LogP contribution in [0.4, 0.5) is 8.78 Å². The van der Waals surface area contributed by atoms with Crippen LogP contribution in [0.3, 0.4) is 0 Å². The molecule has 1 atom stereocenters. The molecule has 0 aliphatic carbocycles. The molecule has 0 fully saturated rings. The lowest BCUT2D eigenvalue weighted by Crippen LogP contribution is -2.12. The van der Waals surface area contributed by atoms with E-state index in [2.05, 4.69) is 25.4 Å². The van der Waals surface area contributed by atoms with E-state index in [1.165, 1.54) is 22.8 Å². The fourth-order valence-corrected chi connectivity index (χ4v) is 3.19. The fourth-order valence-electron chi connectivity index (χ4n) is 3.19. The highest BCUT2D eigenvalue weighted by molar-refractivity contribution is 5.96. The number of benzene rings is 1. The molecule has 0 aliphatic rings. The summed E-state index contributed by atoms with van der Waals surface area (Å²) in [5, 5.41) is 25.0. The minimum Gasteiger partial charge on any atom is -0.479 e. The number of hydrogen-bond acceptors (Lipinski definition) is 7. The summed E-state index contributed by atoms with van der Waals surface area (Å²) in [7, 11) is 0. The number of halogens is 2. The molecule has 0 spiro atoms. The molecule has 1 aromatic carbocycles. The van der Waals surface area contributed by atoms with E-state index in [4.69, 9.17) is 9.94 Å². The summed E-state index contributed by atoms with van der Waals surface area (Å²) in [6.45, 7) is 2.59. The van der Waals surface area contributed by atoms with Crippen molar-refractivity contribution in [2.45, 2.75) is 19.8 Å². The van der Waals surface area contributed by atoms with Gasteiger partial charge in [-0.3, -0.25) is 4.98 Å². The van der Waals surface area contributed by atoms with E-state index < -0.39 is 30.1 Å². The molecule has 0 saturated heterocycles. The smallest absolute Gasteiger partial charge is 0.344 e. The first-order valence-corrected chi connectivity index (χ1v) is 9.20. The molecule has 0 radical (unpaired) electrons. The maximum atomic E-state index is 15.1. The van der Waals surface area contributed by atoms with E-state index in [9.17, 15) is 9.18 Å². The van der Waals surface area contributed by atoms with Gasteiger partial charge in [-0.15, -0.1) is 10.2 Å². The third-order valence-electron chi connectivity index (χ3n) is 4.70. The van der Waals surface area contributed by atoms with Crippen molar-refractivity contribution in [1.29, 1.82) is 0 Å². The Kier molecular flexibility index (Phi) is 5.24. The first kappa shape index (κ1) is 20.3. The van der Waals surface area contributed by atoms with E-state index >= 15 is 4.39 Å². The van der Waals surface area contributed by atoms with E-state index in [-0.39, 0.29) is 22.3 Å². The average molecular weight is 426 g/mol. The molecular formula is C20H16F2N6O3. The molecule has 3 aromatic heterocycles. The number of aliphatic carboxylic acids is 1. The minimum absolute atomic E-state index is 0.169. The fraction of sp³-hybridized carbons (Fsp3) is 0.200. The van der Waals surface area contributed by atoms with Gasteiger partial charge in [-0.2, -0.15) is 9.61 Å². The van der Waals surface area contributed by atoms with Crippen LogP contribution < -0.4 is 0 Å². The molecule has 0 aliphatic heterocycles. The lowest BCUT2D eigenvalue weighted by molar-refractivity contribution is -0.142. The van der Waals surface area contributed by atoms with Crippen molar-refractivity contribution >= 4 is 28.2 Å². The maximum absolute atomic E-state index is 15.1. The van der Waals surface area contributed by atoms with Crippen molar-refractivity contribution < 1.29 is 23.5 Å². The molecule has 9 nitrogen and oxygen atoms in total. The Hall–Kier alpha value is -4.02. The lowest BCUT2D eigenvalue weighted by Gasteiger charge is -2.14. The van der Waals surface area contributed by atoms with Gasteiger partial charge >= 0.3 is 5.97 Å². The Morgan fingerprint density at radius 2 is 2.10 bits per heavy atom. The largest absolute Gasteiger partial charge is 0.479 e. The SMILES string of the molecule is CC(=NOCC(=O)O)c1ccc2nnc(C(C)c3c(F)cc4ncccc4c3F)n2n1. The normalized spacial score (nSPS) is 13.0. The quantitative estimate of drug-likeness (QED) is 0.372. The molecule has 4 aromatic rings. The number of hydrogen-bond donors (Lipinski definition) is 1. The van der Waals surface area contributed by atoms with E-state index in [0.29, 0.717) is 17.1 Å². The molecule has 3 heterocycles. The third kappa shape index (κ3) is 3.77. The Balaban J connectivity index is 1.76. The van der Waals surface area contributed by atoms with Crippen molar-refractivity contribution in [2.24, 2.45) is 5.16 Å². The van der Waals surface area contributed by atoms with Crippen LogP contribution in [0.1, 0.15) is 36.8 Å². The van der Waals surface area contributed by atoms with E-state index in [1.54, 1.807) is 32.0 Å². The van der Waals surface area contributed by atoms with Gasteiger partial charge in [0.15, 0.2) is 11.5 Å². The van der Waals surface area contributed by atoms with Crippen molar-refractivity contribution in [1.82, 2.24) is 24.8 Å². The molecule has 0 amide bonds. The summed E-state index contributed by atoms with van der Waals surface area (Å²) in [5.41, 5.74) is 1.08. The minimum atomic E-state index is -1.16. The maximum Gasteiger partial charge on any atom is 0.344 e. The topological polar surface area (TPSA) is 115 Å². The molecule has 31 heavy (non-hydrogen) atoms. The highest BCUT2D eigenvalue weighted by Crippen LogP contribution is 2.31. The van der Waals surface area contributed by atoms with E-state index in [0.717, 1.165) is 0 Å². The summed E-state index contributed by atoms with van der Waals surface area (Å²) in [6.07, 6.45) is 1.46. The number of nitrogens with zero attached hydrogens (tertiary/aromatic N) is 6. The molecule has 4 rings (SSSR count). The van der Waals surface area contributed by atoms with Crippen LogP contribution in [0.15, 0.2) is 41.7 Å². The van der Waals surface area contributed by atoms with Gasteiger partial charge in [0.1, 0.15) is 23.0 Å². The predicted molar refractivity (Wildman–Crippen MR) is 106 cm³/mol. The molecule has 158 valence electrons. The molecule has 1 unspecified atom stereocenters. The van der Waals surface area contributed by atoms with Gasteiger partial charge in [0.05, 0.1) is 5.52 Å². The van der Waals surface area contributed by atoms with Crippen LogP contribution >= 0.6 is 0 Å². The van der Waals surface area contributed by atoms with Crippen molar-refractivity contribution in [2.75, 3.05) is 6.61 Å². The number of pyridine rings is 1. The Bertz CT molecular complexity index is 1340. The number of carbonyl (C=O) groups is 1. The summed E-state index contributed by atoms with van der Waals surface area (Å²) in [5.74, 6) is -3.23. The highest BCUT2D eigenvalue weighted by Gasteiger charge is 2.25. The molecule has 1 N–H and O–H groups in total. The van der Waals surface area contributed by atoms with Crippen LogP contribution in [-0.4, -0.2) is 48.2 Å². The van der Waals surface area contributed by atoms with Crippen LogP contribution in [-0.2, 0) is 9.63 Å². The van der Waals surface area contributed by atoms with Gasteiger partial charge in [0.2, 0.25) is 6.61 Å². The van der Waals surface area contributed by atoms with Crippen LogP contribution in [0, 0.1) is 11.6 Å². The van der Waals surface area contributed by atoms with Crippen LogP contribution in [0.5, 0.6) is 0 Å². The monoisotopic (exact) mass is 426 g/mol. The second-order valence-corrected chi connectivity index (χ2v) is 6.77. The van der Waals surface area contributed by atoms with Gasteiger partial charge in [-0.05, 0) is 31.2 Å². The third-order valence-corrected chi connectivity index (χ3v) is 4.70.